The number of benzene rings is 1. The van der Waals surface area contributed by atoms with Crippen molar-refractivity contribution >= 4 is 17.7 Å². The van der Waals surface area contributed by atoms with Crippen LogP contribution in [0.3, 0.4) is 0 Å². The second-order valence-corrected chi connectivity index (χ2v) is 5.94. The normalized spacial score (nSPS) is 10.6. The van der Waals surface area contributed by atoms with Crippen LogP contribution in [0.5, 0.6) is 11.5 Å². The highest BCUT2D eigenvalue weighted by molar-refractivity contribution is 7.99. The number of alkyl halides is 2. The van der Waals surface area contributed by atoms with Crippen LogP contribution in [0.25, 0.3) is 0 Å². The van der Waals surface area contributed by atoms with Gasteiger partial charge in [-0.25, -0.2) is 0 Å². The summed E-state index contributed by atoms with van der Waals surface area (Å²) in [4.78, 5) is 16.1. The molecule has 0 atom stereocenters. The molecule has 0 spiro atoms. The summed E-state index contributed by atoms with van der Waals surface area (Å²) in [6, 6.07) is 10.2. The van der Waals surface area contributed by atoms with E-state index in [4.69, 9.17) is 4.74 Å². The molecule has 134 valence electrons. The summed E-state index contributed by atoms with van der Waals surface area (Å²) < 4.78 is 34.0. The van der Waals surface area contributed by atoms with Gasteiger partial charge in [0.25, 0.3) is 0 Å². The van der Waals surface area contributed by atoms with Crippen LogP contribution in [0.1, 0.15) is 11.3 Å². The van der Waals surface area contributed by atoms with E-state index in [0.717, 1.165) is 11.3 Å². The quantitative estimate of drug-likeness (QED) is 0.736. The summed E-state index contributed by atoms with van der Waals surface area (Å²) in [5.74, 6) is 0.991. The van der Waals surface area contributed by atoms with Gasteiger partial charge in [0.15, 0.2) is 11.5 Å². The van der Waals surface area contributed by atoms with Gasteiger partial charge < -0.3 is 14.8 Å². The molecule has 1 aromatic heterocycles. The average molecular weight is 368 g/mol. The van der Waals surface area contributed by atoms with E-state index in [1.165, 1.54) is 24.9 Å². The lowest BCUT2D eigenvalue weighted by atomic mass is 10.2. The van der Waals surface area contributed by atoms with Crippen molar-refractivity contribution < 1.29 is 23.0 Å². The Morgan fingerprint density at radius 2 is 2.12 bits per heavy atom. The summed E-state index contributed by atoms with van der Waals surface area (Å²) in [5.41, 5.74) is 1.64. The molecule has 0 aliphatic rings. The van der Waals surface area contributed by atoms with E-state index in [2.05, 4.69) is 15.0 Å². The zero-order chi connectivity index (χ0) is 18.1. The predicted molar refractivity (Wildman–Crippen MR) is 91.9 cm³/mol. The largest absolute Gasteiger partial charge is 0.493 e. The Balaban J connectivity index is 1.79. The summed E-state index contributed by atoms with van der Waals surface area (Å²) in [7, 11) is 1.37. The van der Waals surface area contributed by atoms with Crippen molar-refractivity contribution in [1.29, 1.82) is 0 Å². The molecule has 25 heavy (non-hydrogen) atoms. The number of nitrogens with one attached hydrogen (secondary N) is 1. The van der Waals surface area contributed by atoms with E-state index in [1.54, 1.807) is 18.3 Å². The van der Waals surface area contributed by atoms with Crippen LogP contribution in [-0.4, -0.2) is 30.4 Å². The minimum atomic E-state index is -2.92. The van der Waals surface area contributed by atoms with Crippen LogP contribution >= 0.6 is 11.8 Å². The average Bonchev–Trinajstić information content (AvgIpc) is 2.61. The monoisotopic (exact) mass is 368 g/mol. The van der Waals surface area contributed by atoms with Gasteiger partial charge in [-0.15, -0.1) is 11.8 Å². The highest BCUT2D eigenvalue weighted by atomic mass is 32.2. The van der Waals surface area contributed by atoms with Crippen molar-refractivity contribution in [3.63, 3.8) is 0 Å². The highest BCUT2D eigenvalue weighted by Crippen LogP contribution is 2.29. The third kappa shape index (κ3) is 6.58. The SMILES string of the molecule is COc1cc(CNC(=O)CSCc2ccccn2)ccc1OC(F)F. The van der Waals surface area contributed by atoms with Crippen LogP contribution in [-0.2, 0) is 17.1 Å². The van der Waals surface area contributed by atoms with Crippen LogP contribution < -0.4 is 14.8 Å². The van der Waals surface area contributed by atoms with Gasteiger partial charge in [0.2, 0.25) is 5.91 Å². The van der Waals surface area contributed by atoms with E-state index >= 15 is 0 Å². The molecule has 0 fully saturated rings. The number of carbonyl (C=O) groups excluding carboxylic acids is 1. The lowest BCUT2D eigenvalue weighted by molar-refractivity contribution is -0.118. The molecule has 1 N–H and O–H groups in total. The van der Waals surface area contributed by atoms with Crippen molar-refractivity contribution in [3.05, 3.63) is 53.9 Å². The molecule has 0 saturated carbocycles. The maximum Gasteiger partial charge on any atom is 0.387 e. The number of hydrogen-bond acceptors (Lipinski definition) is 5. The van der Waals surface area contributed by atoms with Gasteiger partial charge in [-0.2, -0.15) is 8.78 Å². The number of aromatic nitrogens is 1. The first kappa shape index (κ1) is 19.0. The standard InChI is InChI=1S/C17H18F2N2O3S/c1-23-15-8-12(5-6-14(15)24-17(18)19)9-21-16(22)11-25-10-13-4-2-3-7-20-13/h2-8,17H,9-11H2,1H3,(H,21,22). The fourth-order valence-electron chi connectivity index (χ4n) is 2.00. The van der Waals surface area contributed by atoms with E-state index in [1.807, 2.05) is 18.2 Å². The second kappa shape index (κ2) is 9.83. The molecule has 8 heteroatoms. The van der Waals surface area contributed by atoms with Crippen molar-refractivity contribution in [3.8, 4) is 11.5 Å². The van der Waals surface area contributed by atoms with Gasteiger partial charge in [0.05, 0.1) is 18.6 Å². The number of thioether (sulfide) groups is 1. The van der Waals surface area contributed by atoms with Gasteiger partial charge in [0, 0.05) is 18.5 Å². The summed E-state index contributed by atoms with van der Waals surface area (Å²) in [6.07, 6.45) is 1.71. The topological polar surface area (TPSA) is 60.5 Å². The van der Waals surface area contributed by atoms with Crippen LogP contribution in [0.2, 0.25) is 0 Å². The molecular weight excluding hydrogens is 350 g/mol. The van der Waals surface area contributed by atoms with Crippen molar-refractivity contribution in [1.82, 2.24) is 10.3 Å². The minimum absolute atomic E-state index is 0.0431. The molecular formula is C17H18F2N2O3S. The summed E-state index contributed by atoms with van der Waals surface area (Å²) in [5, 5.41) is 2.77. The molecule has 1 heterocycles. The maximum atomic E-state index is 12.3. The number of halogens is 2. The number of pyridine rings is 1. The maximum absolute atomic E-state index is 12.3. The van der Waals surface area contributed by atoms with E-state index in [-0.39, 0.29) is 24.0 Å². The summed E-state index contributed by atoms with van der Waals surface area (Å²) >= 11 is 1.46. The van der Waals surface area contributed by atoms with Gasteiger partial charge >= 0.3 is 6.61 Å². The predicted octanol–water partition coefficient (Wildman–Crippen LogP) is 3.24. The Morgan fingerprint density at radius 1 is 1.28 bits per heavy atom. The molecule has 1 amide bonds. The summed E-state index contributed by atoms with van der Waals surface area (Å²) in [6.45, 7) is -2.65. The zero-order valence-corrected chi connectivity index (χ0v) is 14.4. The highest BCUT2D eigenvalue weighted by Gasteiger charge is 2.11. The van der Waals surface area contributed by atoms with Crippen LogP contribution in [0.15, 0.2) is 42.6 Å². The molecule has 0 bridgehead atoms. The van der Waals surface area contributed by atoms with Crippen molar-refractivity contribution in [2.75, 3.05) is 12.9 Å². The van der Waals surface area contributed by atoms with Crippen molar-refractivity contribution in [2.45, 2.75) is 18.9 Å². The van der Waals surface area contributed by atoms with Gasteiger partial charge in [-0.3, -0.25) is 9.78 Å². The zero-order valence-electron chi connectivity index (χ0n) is 13.6. The Hall–Kier alpha value is -2.35. The van der Waals surface area contributed by atoms with Gasteiger partial charge in [0.1, 0.15) is 0 Å². The third-order valence-corrected chi connectivity index (χ3v) is 4.11. The molecule has 2 rings (SSSR count). The number of hydrogen-bond donors (Lipinski definition) is 1. The third-order valence-electron chi connectivity index (χ3n) is 3.14. The van der Waals surface area contributed by atoms with Crippen LogP contribution in [0, 0.1) is 0 Å². The fraction of sp³-hybridized carbons (Fsp3) is 0.294. The molecule has 0 radical (unpaired) electrons. The van der Waals surface area contributed by atoms with E-state index in [0.29, 0.717) is 11.5 Å². The number of carbonyl (C=O) groups is 1. The molecule has 1 aromatic carbocycles. The fourth-order valence-corrected chi connectivity index (χ4v) is 2.77. The van der Waals surface area contributed by atoms with Crippen LogP contribution in [0.4, 0.5) is 8.78 Å². The Labute approximate surface area is 148 Å². The Bertz CT molecular complexity index is 687. The molecule has 0 aliphatic heterocycles. The number of ether oxygens (including phenoxy) is 2. The Morgan fingerprint density at radius 3 is 2.80 bits per heavy atom. The first-order chi connectivity index (χ1) is 12.1. The molecule has 0 unspecified atom stereocenters. The number of nitrogens with zero attached hydrogens (tertiary/aromatic N) is 1. The Kier molecular flexibility index (Phi) is 7.46. The van der Waals surface area contributed by atoms with Gasteiger partial charge in [-0.05, 0) is 29.8 Å². The van der Waals surface area contributed by atoms with Crippen molar-refractivity contribution in [2.24, 2.45) is 0 Å². The number of methoxy groups -OCH3 is 1. The minimum Gasteiger partial charge on any atom is -0.493 e. The number of amides is 1. The molecule has 0 aliphatic carbocycles. The second-order valence-electron chi connectivity index (χ2n) is 4.95. The van der Waals surface area contributed by atoms with E-state index < -0.39 is 6.61 Å². The van der Waals surface area contributed by atoms with E-state index in [9.17, 15) is 13.6 Å². The number of rotatable bonds is 9. The molecule has 2 aromatic rings. The lowest BCUT2D eigenvalue weighted by Gasteiger charge is -2.12. The first-order valence-electron chi connectivity index (χ1n) is 7.44. The lowest BCUT2D eigenvalue weighted by Crippen LogP contribution is -2.24. The van der Waals surface area contributed by atoms with Gasteiger partial charge in [-0.1, -0.05) is 12.1 Å². The molecule has 0 saturated heterocycles. The molecule has 5 nitrogen and oxygen atoms in total. The smallest absolute Gasteiger partial charge is 0.387 e. The first-order valence-corrected chi connectivity index (χ1v) is 8.60.